The number of oxazole rings is 1. The van der Waals surface area contributed by atoms with E-state index in [1.54, 1.807) is 17.3 Å². The number of aromatic nitrogens is 3. The topological polar surface area (TPSA) is 84.2 Å². The predicted octanol–water partition coefficient (Wildman–Crippen LogP) is 4.00. The van der Waals surface area contributed by atoms with E-state index in [9.17, 15) is 4.79 Å². The standard InChI is InChI=1S/C24H21N5O2/c30-23(18-14-25-24(26-15-18)27-19-9-5-2-6-10-19)29-12-11-21-20(16-29)28-22(31-21)13-17-7-3-1-4-8-17/h1-10,14-15H,11-13,16H2,(H,25,26,27). The lowest BCUT2D eigenvalue weighted by Gasteiger charge is -2.25. The highest BCUT2D eigenvalue weighted by atomic mass is 16.4. The highest BCUT2D eigenvalue weighted by Crippen LogP contribution is 2.23. The molecule has 1 amide bonds. The maximum Gasteiger partial charge on any atom is 0.257 e. The second-order valence-electron chi connectivity index (χ2n) is 7.40. The van der Waals surface area contributed by atoms with Gasteiger partial charge in [0.2, 0.25) is 5.95 Å². The molecule has 5 rings (SSSR count). The minimum Gasteiger partial charge on any atom is -0.445 e. The van der Waals surface area contributed by atoms with Gasteiger partial charge >= 0.3 is 0 Å². The van der Waals surface area contributed by atoms with Crippen molar-refractivity contribution >= 4 is 17.5 Å². The van der Waals surface area contributed by atoms with Crippen molar-refractivity contribution in [1.82, 2.24) is 19.9 Å². The van der Waals surface area contributed by atoms with E-state index in [2.05, 4.69) is 32.4 Å². The van der Waals surface area contributed by atoms with Crippen LogP contribution in [0.1, 0.15) is 33.3 Å². The molecule has 2 aromatic heterocycles. The monoisotopic (exact) mass is 411 g/mol. The Bertz CT molecular complexity index is 1170. The fraction of sp³-hybridized carbons (Fsp3) is 0.167. The number of nitrogens with one attached hydrogen (secondary N) is 1. The van der Waals surface area contributed by atoms with Crippen molar-refractivity contribution in [2.75, 3.05) is 11.9 Å². The summed E-state index contributed by atoms with van der Waals surface area (Å²) in [5, 5.41) is 3.12. The van der Waals surface area contributed by atoms with Crippen molar-refractivity contribution in [1.29, 1.82) is 0 Å². The summed E-state index contributed by atoms with van der Waals surface area (Å²) in [6.07, 6.45) is 4.41. The number of nitrogens with zero attached hydrogens (tertiary/aromatic N) is 4. The highest BCUT2D eigenvalue weighted by Gasteiger charge is 2.26. The molecule has 0 saturated carbocycles. The van der Waals surface area contributed by atoms with Crippen molar-refractivity contribution in [2.45, 2.75) is 19.4 Å². The van der Waals surface area contributed by atoms with Gasteiger partial charge in [-0.1, -0.05) is 48.5 Å². The van der Waals surface area contributed by atoms with Gasteiger partial charge in [-0.2, -0.15) is 0 Å². The smallest absolute Gasteiger partial charge is 0.257 e. The number of amides is 1. The molecule has 7 heteroatoms. The number of hydrogen-bond acceptors (Lipinski definition) is 6. The third kappa shape index (κ3) is 4.30. The molecule has 154 valence electrons. The van der Waals surface area contributed by atoms with Crippen LogP contribution in [-0.2, 0) is 19.4 Å². The summed E-state index contributed by atoms with van der Waals surface area (Å²) in [7, 11) is 0. The maximum absolute atomic E-state index is 12.9. The summed E-state index contributed by atoms with van der Waals surface area (Å²) < 4.78 is 5.93. The molecule has 0 atom stereocenters. The van der Waals surface area contributed by atoms with Gasteiger partial charge in [-0.05, 0) is 17.7 Å². The van der Waals surface area contributed by atoms with Gasteiger partial charge in [-0.25, -0.2) is 15.0 Å². The zero-order chi connectivity index (χ0) is 21.0. The van der Waals surface area contributed by atoms with Crippen LogP contribution in [0.3, 0.4) is 0 Å². The number of carbonyl (C=O) groups excluding carboxylic acids is 1. The van der Waals surface area contributed by atoms with Gasteiger partial charge in [-0.3, -0.25) is 4.79 Å². The number of para-hydroxylation sites is 1. The van der Waals surface area contributed by atoms with Crippen LogP contribution < -0.4 is 5.32 Å². The third-order valence-electron chi connectivity index (χ3n) is 5.19. The molecule has 1 aliphatic heterocycles. The van der Waals surface area contributed by atoms with Gasteiger partial charge in [0, 0.05) is 37.5 Å². The minimum atomic E-state index is -0.107. The Balaban J connectivity index is 1.25. The molecule has 7 nitrogen and oxygen atoms in total. The first kappa shape index (κ1) is 19.0. The van der Waals surface area contributed by atoms with Crippen LogP contribution in [0.2, 0.25) is 0 Å². The molecule has 3 heterocycles. The van der Waals surface area contributed by atoms with E-state index >= 15 is 0 Å². The number of carbonyl (C=O) groups is 1. The zero-order valence-electron chi connectivity index (χ0n) is 16.9. The van der Waals surface area contributed by atoms with Gasteiger partial charge in [0.1, 0.15) is 11.5 Å². The number of fused-ring (bicyclic) bond motifs is 1. The molecule has 0 spiro atoms. The lowest BCUT2D eigenvalue weighted by atomic mass is 10.1. The first-order valence-electron chi connectivity index (χ1n) is 10.2. The summed E-state index contributed by atoms with van der Waals surface area (Å²) in [6.45, 7) is 1.01. The second kappa shape index (κ2) is 8.39. The summed E-state index contributed by atoms with van der Waals surface area (Å²) in [5.74, 6) is 1.90. The van der Waals surface area contributed by atoms with Gasteiger partial charge in [0.15, 0.2) is 5.89 Å². The maximum atomic E-state index is 12.9. The van der Waals surface area contributed by atoms with Crippen molar-refractivity contribution < 1.29 is 9.21 Å². The van der Waals surface area contributed by atoms with Crippen LogP contribution in [0.15, 0.2) is 77.5 Å². The molecule has 4 aromatic rings. The fourth-order valence-corrected chi connectivity index (χ4v) is 3.61. The lowest BCUT2D eigenvalue weighted by molar-refractivity contribution is 0.0727. The van der Waals surface area contributed by atoms with E-state index in [-0.39, 0.29) is 5.91 Å². The predicted molar refractivity (Wildman–Crippen MR) is 116 cm³/mol. The summed E-state index contributed by atoms with van der Waals surface area (Å²) in [6, 6.07) is 19.8. The normalized spacial score (nSPS) is 13.0. The Kier molecular flexibility index (Phi) is 5.14. The van der Waals surface area contributed by atoms with E-state index < -0.39 is 0 Å². The Morgan fingerprint density at radius 2 is 1.71 bits per heavy atom. The molecular weight excluding hydrogens is 390 g/mol. The van der Waals surface area contributed by atoms with Crippen LogP contribution in [-0.4, -0.2) is 32.3 Å². The first-order chi connectivity index (χ1) is 15.2. The Morgan fingerprint density at radius 3 is 2.45 bits per heavy atom. The molecule has 0 aliphatic carbocycles. The van der Waals surface area contributed by atoms with Crippen LogP contribution >= 0.6 is 0 Å². The molecule has 31 heavy (non-hydrogen) atoms. The van der Waals surface area contributed by atoms with Gasteiger partial charge in [0.25, 0.3) is 5.91 Å². The average molecular weight is 411 g/mol. The van der Waals surface area contributed by atoms with Crippen LogP contribution in [0, 0.1) is 0 Å². The molecule has 1 aliphatic rings. The first-order valence-corrected chi connectivity index (χ1v) is 10.2. The lowest BCUT2D eigenvalue weighted by Crippen LogP contribution is -2.36. The number of benzene rings is 2. The van der Waals surface area contributed by atoms with Crippen molar-refractivity contribution in [3.05, 3.63) is 102 Å². The molecule has 2 aromatic carbocycles. The van der Waals surface area contributed by atoms with E-state index in [4.69, 9.17) is 4.42 Å². The molecule has 0 bridgehead atoms. The largest absolute Gasteiger partial charge is 0.445 e. The number of rotatable bonds is 5. The van der Waals surface area contributed by atoms with Crippen LogP contribution in [0.5, 0.6) is 0 Å². The van der Waals surface area contributed by atoms with Crippen molar-refractivity contribution in [3.63, 3.8) is 0 Å². The molecular formula is C24H21N5O2. The summed E-state index contributed by atoms with van der Waals surface area (Å²) in [5.41, 5.74) is 3.32. The molecule has 0 saturated heterocycles. The Morgan fingerprint density at radius 1 is 1.00 bits per heavy atom. The molecule has 1 N–H and O–H groups in total. The van der Waals surface area contributed by atoms with Gasteiger partial charge in [-0.15, -0.1) is 0 Å². The number of anilines is 2. The van der Waals surface area contributed by atoms with Crippen molar-refractivity contribution in [2.24, 2.45) is 0 Å². The van der Waals surface area contributed by atoms with E-state index in [0.29, 0.717) is 43.3 Å². The SMILES string of the molecule is O=C(c1cnc(Nc2ccccc2)nc1)N1CCc2oc(Cc3ccccc3)nc2C1. The van der Waals surface area contributed by atoms with Gasteiger partial charge < -0.3 is 14.6 Å². The van der Waals surface area contributed by atoms with Crippen LogP contribution in [0.25, 0.3) is 0 Å². The van der Waals surface area contributed by atoms with Crippen LogP contribution in [0.4, 0.5) is 11.6 Å². The Labute approximate surface area is 179 Å². The number of hydrogen-bond donors (Lipinski definition) is 1. The molecule has 0 unspecified atom stereocenters. The molecule has 0 fully saturated rings. The fourth-order valence-electron chi connectivity index (χ4n) is 3.61. The third-order valence-corrected chi connectivity index (χ3v) is 5.19. The van der Waals surface area contributed by atoms with E-state index in [1.807, 2.05) is 48.5 Å². The van der Waals surface area contributed by atoms with E-state index in [1.165, 1.54) is 0 Å². The zero-order valence-corrected chi connectivity index (χ0v) is 16.9. The molecule has 0 radical (unpaired) electrons. The van der Waals surface area contributed by atoms with Gasteiger partial charge in [0.05, 0.1) is 12.1 Å². The average Bonchev–Trinajstić information content (AvgIpc) is 3.22. The summed E-state index contributed by atoms with van der Waals surface area (Å²) in [4.78, 5) is 27.9. The minimum absolute atomic E-state index is 0.107. The second-order valence-corrected chi connectivity index (χ2v) is 7.40. The van der Waals surface area contributed by atoms with Crippen molar-refractivity contribution in [3.8, 4) is 0 Å². The quantitative estimate of drug-likeness (QED) is 0.534. The highest BCUT2D eigenvalue weighted by molar-refractivity contribution is 5.93. The Hall–Kier alpha value is -4.00. The summed E-state index contributed by atoms with van der Waals surface area (Å²) >= 11 is 0. The van der Waals surface area contributed by atoms with E-state index in [0.717, 1.165) is 22.7 Å².